The molecule has 0 radical (unpaired) electrons. The van der Waals surface area contributed by atoms with E-state index in [1.54, 1.807) is 6.20 Å². The highest BCUT2D eigenvalue weighted by Gasteiger charge is 2.25. The average molecular weight is 409 g/mol. The number of nitrogens with zero attached hydrogens (tertiary/aromatic N) is 5. The van der Waals surface area contributed by atoms with Gasteiger partial charge in [0.1, 0.15) is 17.7 Å². The molecule has 0 spiro atoms. The lowest BCUT2D eigenvalue weighted by atomic mass is 10.1. The van der Waals surface area contributed by atoms with E-state index in [1.165, 1.54) is 6.92 Å². The average Bonchev–Trinajstić information content (AvgIpc) is 3.20. The van der Waals surface area contributed by atoms with Crippen molar-refractivity contribution in [3.05, 3.63) is 42.1 Å². The van der Waals surface area contributed by atoms with E-state index >= 15 is 0 Å². The maximum absolute atomic E-state index is 11.2. The van der Waals surface area contributed by atoms with Crippen molar-refractivity contribution in [3.8, 4) is 11.8 Å². The summed E-state index contributed by atoms with van der Waals surface area (Å²) in [6, 6.07) is 11.9. The number of ether oxygens (including phenoxy) is 1. The van der Waals surface area contributed by atoms with Gasteiger partial charge in [0.25, 0.3) is 0 Å². The van der Waals surface area contributed by atoms with Crippen molar-refractivity contribution in [2.75, 3.05) is 36.5 Å². The van der Waals surface area contributed by atoms with Crippen LogP contribution < -0.4 is 19.9 Å². The van der Waals surface area contributed by atoms with E-state index in [1.807, 2.05) is 49.2 Å². The van der Waals surface area contributed by atoms with Crippen molar-refractivity contribution in [1.82, 2.24) is 15.3 Å². The van der Waals surface area contributed by atoms with Crippen LogP contribution in [0.15, 0.2) is 36.5 Å². The Morgan fingerprint density at radius 1 is 1.40 bits per heavy atom. The standard InChI is InChI=1S/C22H28N6O2/c1-16(25-17(2)29)18-5-7-19(8-6-18)30-20-10-14-28(15-20)21-9-12-24-22(26-21)27(3)13-4-11-23/h5-9,12,16,20H,4,10,13-15H2,1-3H3,(H,25,29)/t16-,20+/m0/s1. The second-order valence-corrected chi connectivity index (χ2v) is 7.51. The molecule has 1 saturated heterocycles. The molecule has 2 aromatic rings. The Kier molecular flexibility index (Phi) is 7.07. The number of hydrogen-bond donors (Lipinski definition) is 1. The molecule has 1 aliphatic rings. The van der Waals surface area contributed by atoms with Crippen molar-refractivity contribution in [1.29, 1.82) is 5.26 Å². The lowest BCUT2D eigenvalue weighted by molar-refractivity contribution is -0.119. The number of carbonyl (C=O) groups excluding carboxylic acids is 1. The van der Waals surface area contributed by atoms with E-state index < -0.39 is 0 Å². The Hall–Kier alpha value is -3.34. The van der Waals surface area contributed by atoms with E-state index in [0.717, 1.165) is 36.6 Å². The van der Waals surface area contributed by atoms with Crippen molar-refractivity contribution < 1.29 is 9.53 Å². The van der Waals surface area contributed by atoms with Gasteiger partial charge < -0.3 is 19.9 Å². The number of nitrogens with one attached hydrogen (secondary N) is 1. The largest absolute Gasteiger partial charge is 0.489 e. The number of aromatic nitrogens is 2. The van der Waals surface area contributed by atoms with Crippen LogP contribution >= 0.6 is 0 Å². The fourth-order valence-electron chi connectivity index (χ4n) is 3.47. The molecule has 8 heteroatoms. The fraction of sp³-hybridized carbons (Fsp3) is 0.455. The van der Waals surface area contributed by atoms with Crippen LogP contribution in [0.4, 0.5) is 11.8 Å². The predicted octanol–water partition coefficient (Wildman–Crippen LogP) is 2.68. The Balaban J connectivity index is 1.57. The number of rotatable bonds is 8. The van der Waals surface area contributed by atoms with Gasteiger partial charge in [0, 0.05) is 39.7 Å². The molecule has 0 saturated carbocycles. The van der Waals surface area contributed by atoms with Crippen LogP contribution in [0.5, 0.6) is 5.75 Å². The van der Waals surface area contributed by atoms with Gasteiger partial charge in [-0.15, -0.1) is 0 Å². The van der Waals surface area contributed by atoms with Crippen molar-refractivity contribution >= 4 is 17.7 Å². The summed E-state index contributed by atoms with van der Waals surface area (Å²) >= 11 is 0. The highest BCUT2D eigenvalue weighted by Crippen LogP contribution is 2.24. The van der Waals surface area contributed by atoms with Crippen LogP contribution in [0.2, 0.25) is 0 Å². The van der Waals surface area contributed by atoms with E-state index in [4.69, 9.17) is 10.00 Å². The lowest BCUT2D eigenvalue weighted by Crippen LogP contribution is -2.27. The molecule has 30 heavy (non-hydrogen) atoms. The molecule has 1 aromatic heterocycles. The highest BCUT2D eigenvalue weighted by atomic mass is 16.5. The van der Waals surface area contributed by atoms with Gasteiger partial charge in [-0.3, -0.25) is 4.79 Å². The van der Waals surface area contributed by atoms with Crippen molar-refractivity contribution in [3.63, 3.8) is 0 Å². The van der Waals surface area contributed by atoms with Crippen molar-refractivity contribution in [2.45, 2.75) is 38.8 Å². The Morgan fingerprint density at radius 2 is 2.17 bits per heavy atom. The van der Waals surface area contributed by atoms with Gasteiger partial charge in [0.2, 0.25) is 11.9 Å². The first-order valence-corrected chi connectivity index (χ1v) is 10.2. The molecule has 1 aromatic carbocycles. The Labute approximate surface area is 177 Å². The van der Waals surface area contributed by atoms with Gasteiger partial charge in [0.05, 0.1) is 25.1 Å². The van der Waals surface area contributed by atoms with Gasteiger partial charge in [-0.2, -0.15) is 10.2 Å². The summed E-state index contributed by atoms with van der Waals surface area (Å²) in [5, 5.41) is 11.6. The summed E-state index contributed by atoms with van der Waals surface area (Å²) < 4.78 is 6.15. The minimum atomic E-state index is -0.0435. The maximum Gasteiger partial charge on any atom is 0.227 e. The quantitative estimate of drug-likeness (QED) is 0.717. The third-order valence-corrected chi connectivity index (χ3v) is 5.10. The van der Waals surface area contributed by atoms with Crippen LogP contribution in [-0.4, -0.2) is 48.7 Å². The molecule has 1 N–H and O–H groups in total. The van der Waals surface area contributed by atoms with Gasteiger partial charge in [-0.1, -0.05) is 12.1 Å². The van der Waals surface area contributed by atoms with Crippen molar-refractivity contribution in [2.24, 2.45) is 0 Å². The van der Waals surface area contributed by atoms with Crippen LogP contribution in [0.1, 0.15) is 38.3 Å². The third kappa shape index (κ3) is 5.60. The maximum atomic E-state index is 11.2. The second kappa shape index (κ2) is 9.92. The van der Waals surface area contributed by atoms with Gasteiger partial charge in [0.15, 0.2) is 0 Å². The van der Waals surface area contributed by atoms with Crippen LogP contribution in [0, 0.1) is 11.3 Å². The smallest absolute Gasteiger partial charge is 0.227 e. The monoisotopic (exact) mass is 408 g/mol. The molecular weight excluding hydrogens is 380 g/mol. The minimum absolute atomic E-state index is 0.0308. The van der Waals surface area contributed by atoms with Crippen LogP contribution in [0.25, 0.3) is 0 Å². The van der Waals surface area contributed by atoms with Crippen LogP contribution in [-0.2, 0) is 4.79 Å². The molecular formula is C22H28N6O2. The first-order valence-electron chi connectivity index (χ1n) is 10.2. The van der Waals surface area contributed by atoms with Gasteiger partial charge in [-0.05, 0) is 30.7 Å². The summed E-state index contributed by atoms with van der Waals surface area (Å²) in [6.45, 7) is 5.69. The molecule has 1 amide bonds. The van der Waals surface area contributed by atoms with E-state index in [2.05, 4.69) is 26.3 Å². The second-order valence-electron chi connectivity index (χ2n) is 7.51. The number of hydrogen-bond acceptors (Lipinski definition) is 7. The zero-order chi connectivity index (χ0) is 21.5. The molecule has 1 fully saturated rings. The van der Waals surface area contributed by atoms with Gasteiger partial charge >= 0.3 is 0 Å². The molecule has 0 aliphatic carbocycles. The fourth-order valence-corrected chi connectivity index (χ4v) is 3.47. The molecule has 2 atom stereocenters. The topological polar surface area (TPSA) is 94.4 Å². The minimum Gasteiger partial charge on any atom is -0.489 e. The number of nitriles is 1. The molecule has 8 nitrogen and oxygen atoms in total. The molecule has 158 valence electrons. The Bertz CT molecular complexity index is 895. The molecule has 0 unspecified atom stereocenters. The van der Waals surface area contributed by atoms with Gasteiger partial charge in [-0.25, -0.2) is 4.98 Å². The first-order chi connectivity index (χ1) is 14.5. The number of amides is 1. The summed E-state index contributed by atoms with van der Waals surface area (Å²) in [5.74, 6) is 2.27. The first kappa shape index (κ1) is 21.4. The van der Waals surface area contributed by atoms with E-state index in [-0.39, 0.29) is 18.1 Å². The number of carbonyl (C=O) groups is 1. The van der Waals surface area contributed by atoms with Crippen LogP contribution in [0.3, 0.4) is 0 Å². The predicted molar refractivity (Wildman–Crippen MR) is 115 cm³/mol. The zero-order valence-electron chi connectivity index (χ0n) is 17.7. The van der Waals surface area contributed by atoms with E-state index in [9.17, 15) is 4.79 Å². The third-order valence-electron chi connectivity index (χ3n) is 5.10. The zero-order valence-corrected chi connectivity index (χ0v) is 17.7. The molecule has 2 heterocycles. The summed E-state index contributed by atoms with van der Waals surface area (Å²) in [6.07, 6.45) is 3.18. The lowest BCUT2D eigenvalue weighted by Gasteiger charge is -2.21. The highest BCUT2D eigenvalue weighted by molar-refractivity contribution is 5.73. The number of anilines is 2. The number of benzene rings is 1. The molecule has 3 rings (SSSR count). The summed E-state index contributed by atoms with van der Waals surface area (Å²) in [4.78, 5) is 24.3. The molecule has 0 bridgehead atoms. The Morgan fingerprint density at radius 3 is 2.87 bits per heavy atom. The molecule has 1 aliphatic heterocycles. The summed E-state index contributed by atoms with van der Waals surface area (Å²) in [5.41, 5.74) is 1.04. The normalized spacial score (nSPS) is 16.6. The van der Waals surface area contributed by atoms with E-state index in [0.29, 0.717) is 18.9 Å². The summed E-state index contributed by atoms with van der Waals surface area (Å²) in [7, 11) is 1.89. The SMILES string of the molecule is CC(=O)N[C@@H](C)c1ccc(O[C@@H]2CCN(c3ccnc(N(C)CCC#N)n3)C2)cc1.